The van der Waals surface area contributed by atoms with E-state index in [0.29, 0.717) is 0 Å². The van der Waals surface area contributed by atoms with Crippen molar-refractivity contribution in [3.8, 4) is 0 Å². The van der Waals surface area contributed by atoms with Gasteiger partial charge in [-0.05, 0) is 11.0 Å². The molecule has 2 nitrogen and oxygen atoms in total. The van der Waals surface area contributed by atoms with Crippen LogP contribution in [0.15, 0.2) is 30.3 Å². The van der Waals surface area contributed by atoms with E-state index in [0.717, 1.165) is 5.56 Å². The van der Waals surface area contributed by atoms with Crippen LogP contribution in [0.5, 0.6) is 0 Å². The number of carboxylic acids is 1. The number of benzene rings is 1. The lowest BCUT2D eigenvalue weighted by Gasteiger charge is -2.01. The highest BCUT2D eigenvalue weighted by Crippen LogP contribution is 2.64. The van der Waals surface area contributed by atoms with Crippen LogP contribution in [0.25, 0.3) is 0 Å². The molecule has 1 aliphatic rings. The Morgan fingerprint density at radius 2 is 1.86 bits per heavy atom. The van der Waals surface area contributed by atoms with Crippen LogP contribution >= 0.6 is 0 Å². The molecule has 0 unspecified atom stereocenters. The summed E-state index contributed by atoms with van der Waals surface area (Å²) >= 11 is 0. The summed E-state index contributed by atoms with van der Waals surface area (Å²) in [6, 6.07) is 9.89. The number of carbonyl (C=O) groups is 1. The minimum Gasteiger partial charge on any atom is -0.481 e. The van der Waals surface area contributed by atoms with Crippen LogP contribution in [-0.4, -0.2) is 11.1 Å². The number of aliphatic carboxylic acids is 1. The molecule has 0 heterocycles. The number of hydrogen-bond acceptors (Lipinski definition) is 1. The molecular formula is C12H14O2. The molecule has 14 heavy (non-hydrogen) atoms. The zero-order chi connectivity index (χ0) is 10.3. The van der Waals surface area contributed by atoms with Gasteiger partial charge in [0.05, 0.1) is 5.92 Å². The summed E-state index contributed by atoms with van der Waals surface area (Å²) in [5.41, 5.74) is 1.05. The second-order valence-electron chi connectivity index (χ2n) is 4.53. The molecular weight excluding hydrogens is 176 g/mol. The van der Waals surface area contributed by atoms with Crippen LogP contribution in [0, 0.1) is 11.3 Å². The minimum atomic E-state index is -0.677. The summed E-state index contributed by atoms with van der Waals surface area (Å²) in [5, 5.41) is 9.02. The van der Waals surface area contributed by atoms with Crippen molar-refractivity contribution < 1.29 is 9.90 Å². The molecule has 1 aliphatic carbocycles. The third-order valence-electron chi connectivity index (χ3n) is 3.25. The maximum absolute atomic E-state index is 11.0. The summed E-state index contributed by atoms with van der Waals surface area (Å²) in [4.78, 5) is 11.0. The first-order valence-corrected chi connectivity index (χ1v) is 4.83. The Bertz CT molecular complexity index is 354. The first-order chi connectivity index (χ1) is 6.55. The van der Waals surface area contributed by atoms with Gasteiger partial charge in [-0.15, -0.1) is 0 Å². The monoisotopic (exact) mass is 190 g/mol. The van der Waals surface area contributed by atoms with Gasteiger partial charge in [-0.3, -0.25) is 4.79 Å². The van der Waals surface area contributed by atoms with E-state index in [9.17, 15) is 4.79 Å². The summed E-state index contributed by atoms with van der Waals surface area (Å²) < 4.78 is 0. The molecule has 1 aromatic carbocycles. The van der Waals surface area contributed by atoms with Crippen LogP contribution in [0.3, 0.4) is 0 Å². The fraction of sp³-hybridized carbons (Fsp3) is 0.417. The highest BCUT2D eigenvalue weighted by atomic mass is 16.4. The first kappa shape index (κ1) is 9.25. The molecule has 0 saturated heterocycles. The molecule has 0 bridgehead atoms. The van der Waals surface area contributed by atoms with E-state index in [1.807, 2.05) is 44.2 Å². The van der Waals surface area contributed by atoms with E-state index in [1.54, 1.807) is 0 Å². The van der Waals surface area contributed by atoms with E-state index in [-0.39, 0.29) is 17.3 Å². The maximum Gasteiger partial charge on any atom is 0.307 e. The van der Waals surface area contributed by atoms with Gasteiger partial charge in [0.25, 0.3) is 0 Å². The van der Waals surface area contributed by atoms with Crippen molar-refractivity contribution in [2.75, 3.05) is 0 Å². The second kappa shape index (κ2) is 2.84. The van der Waals surface area contributed by atoms with Crippen LogP contribution in [0.4, 0.5) is 0 Å². The fourth-order valence-corrected chi connectivity index (χ4v) is 2.38. The molecule has 1 N–H and O–H groups in total. The molecule has 0 spiro atoms. The van der Waals surface area contributed by atoms with E-state index in [2.05, 4.69) is 0 Å². The van der Waals surface area contributed by atoms with Gasteiger partial charge in [0.1, 0.15) is 0 Å². The van der Waals surface area contributed by atoms with E-state index in [4.69, 9.17) is 5.11 Å². The summed E-state index contributed by atoms with van der Waals surface area (Å²) in [6.45, 7) is 4.03. The van der Waals surface area contributed by atoms with Gasteiger partial charge in [-0.25, -0.2) is 0 Å². The molecule has 0 aromatic heterocycles. The molecule has 74 valence electrons. The molecule has 0 radical (unpaired) electrons. The number of carboxylic acid groups (broad SMARTS) is 1. The molecule has 1 fully saturated rings. The van der Waals surface area contributed by atoms with Gasteiger partial charge in [0, 0.05) is 5.92 Å². The molecule has 0 aliphatic heterocycles. The predicted octanol–water partition coefficient (Wildman–Crippen LogP) is 2.51. The Morgan fingerprint density at radius 3 is 2.29 bits per heavy atom. The lowest BCUT2D eigenvalue weighted by Crippen LogP contribution is -2.03. The highest BCUT2D eigenvalue weighted by Gasteiger charge is 2.62. The van der Waals surface area contributed by atoms with Gasteiger partial charge in [-0.2, -0.15) is 0 Å². The molecule has 2 atom stereocenters. The molecule has 1 aromatic rings. The third-order valence-corrected chi connectivity index (χ3v) is 3.25. The maximum atomic E-state index is 11.0. The van der Waals surface area contributed by atoms with Crippen LogP contribution < -0.4 is 0 Å². The van der Waals surface area contributed by atoms with Gasteiger partial charge in [0.15, 0.2) is 0 Å². The topological polar surface area (TPSA) is 37.3 Å². The molecule has 2 heteroatoms. The van der Waals surface area contributed by atoms with Crippen molar-refractivity contribution in [1.29, 1.82) is 0 Å². The largest absolute Gasteiger partial charge is 0.481 e. The summed E-state index contributed by atoms with van der Waals surface area (Å²) in [5.74, 6) is -0.713. The predicted molar refractivity (Wildman–Crippen MR) is 54.1 cm³/mol. The zero-order valence-corrected chi connectivity index (χ0v) is 8.40. The van der Waals surface area contributed by atoms with Gasteiger partial charge in [0.2, 0.25) is 0 Å². The third kappa shape index (κ3) is 1.22. The lowest BCUT2D eigenvalue weighted by atomic mass is 10.0. The van der Waals surface area contributed by atoms with Crippen molar-refractivity contribution in [2.24, 2.45) is 11.3 Å². The van der Waals surface area contributed by atoms with Crippen molar-refractivity contribution >= 4 is 5.97 Å². The smallest absolute Gasteiger partial charge is 0.307 e. The molecule has 1 saturated carbocycles. The summed E-state index contributed by atoms with van der Waals surface area (Å²) in [7, 11) is 0. The van der Waals surface area contributed by atoms with Gasteiger partial charge < -0.3 is 5.11 Å². The average molecular weight is 190 g/mol. The van der Waals surface area contributed by atoms with E-state index < -0.39 is 5.97 Å². The summed E-state index contributed by atoms with van der Waals surface area (Å²) in [6.07, 6.45) is 0. The van der Waals surface area contributed by atoms with E-state index in [1.165, 1.54) is 0 Å². The Hall–Kier alpha value is -1.31. The van der Waals surface area contributed by atoms with Crippen molar-refractivity contribution in [3.63, 3.8) is 0 Å². The van der Waals surface area contributed by atoms with Gasteiger partial charge >= 0.3 is 5.97 Å². The van der Waals surface area contributed by atoms with Crippen LogP contribution in [0.2, 0.25) is 0 Å². The molecule has 0 amide bonds. The lowest BCUT2D eigenvalue weighted by molar-refractivity contribution is -0.139. The SMILES string of the molecule is CC1(C)[C@@H](C(=O)O)[C@@H]1c1ccccc1. The average Bonchev–Trinajstić information content (AvgIpc) is 2.71. The Kier molecular flexibility index (Phi) is 1.88. The van der Waals surface area contributed by atoms with Crippen molar-refractivity contribution in [3.05, 3.63) is 35.9 Å². The Morgan fingerprint density at radius 1 is 1.29 bits per heavy atom. The minimum absolute atomic E-state index is 0.0901. The van der Waals surface area contributed by atoms with Crippen LogP contribution in [-0.2, 0) is 4.79 Å². The van der Waals surface area contributed by atoms with Gasteiger partial charge in [-0.1, -0.05) is 44.2 Å². The second-order valence-corrected chi connectivity index (χ2v) is 4.53. The van der Waals surface area contributed by atoms with Crippen molar-refractivity contribution in [1.82, 2.24) is 0 Å². The number of rotatable bonds is 2. The van der Waals surface area contributed by atoms with Crippen molar-refractivity contribution in [2.45, 2.75) is 19.8 Å². The Balaban J connectivity index is 2.28. The first-order valence-electron chi connectivity index (χ1n) is 4.83. The number of hydrogen-bond donors (Lipinski definition) is 1. The van der Waals surface area contributed by atoms with Crippen LogP contribution in [0.1, 0.15) is 25.3 Å². The standard InChI is InChI=1S/C12H14O2/c1-12(2)9(10(12)11(13)14)8-6-4-3-5-7-8/h3-7,9-10H,1-2H3,(H,13,14)/t9-,10+/m0/s1. The zero-order valence-electron chi connectivity index (χ0n) is 8.40. The highest BCUT2D eigenvalue weighted by molar-refractivity contribution is 5.77. The fourth-order valence-electron chi connectivity index (χ4n) is 2.38. The normalized spacial score (nSPS) is 28.4. The quantitative estimate of drug-likeness (QED) is 0.778. The Labute approximate surface area is 83.6 Å². The van der Waals surface area contributed by atoms with E-state index >= 15 is 0 Å². The molecule has 2 rings (SSSR count).